The number of hydrogen-bond acceptors (Lipinski definition) is 4. The fourth-order valence-electron chi connectivity index (χ4n) is 4.26. The van der Waals surface area contributed by atoms with Gasteiger partial charge in [-0.2, -0.15) is 11.3 Å². The molecule has 1 aromatic heterocycles. The second kappa shape index (κ2) is 6.48. The summed E-state index contributed by atoms with van der Waals surface area (Å²) in [5.74, 6) is 1.17. The summed E-state index contributed by atoms with van der Waals surface area (Å²) in [6.07, 6.45) is 3.26. The van der Waals surface area contributed by atoms with Crippen LogP contribution in [0.5, 0.6) is 0 Å². The lowest BCUT2D eigenvalue weighted by molar-refractivity contribution is -0.138. The second-order valence-corrected chi connectivity index (χ2v) is 8.30. The fraction of sp³-hybridized carbons (Fsp3) is 0.667. The van der Waals surface area contributed by atoms with Gasteiger partial charge in [-0.25, -0.2) is 0 Å². The van der Waals surface area contributed by atoms with Crippen molar-refractivity contribution in [3.63, 3.8) is 0 Å². The summed E-state index contributed by atoms with van der Waals surface area (Å²) < 4.78 is 0. The molecule has 1 saturated carbocycles. The Labute approximate surface area is 147 Å². The van der Waals surface area contributed by atoms with Gasteiger partial charge in [-0.1, -0.05) is 0 Å². The van der Waals surface area contributed by atoms with Crippen molar-refractivity contribution < 1.29 is 9.59 Å². The van der Waals surface area contributed by atoms with E-state index in [9.17, 15) is 9.59 Å². The molecule has 2 amide bonds. The van der Waals surface area contributed by atoms with E-state index in [1.165, 1.54) is 18.4 Å². The molecule has 3 fully saturated rings. The molecule has 0 aromatic carbocycles. The molecule has 3 atom stereocenters. The Bertz CT molecular complexity index is 614. The first-order valence-corrected chi connectivity index (χ1v) is 9.86. The van der Waals surface area contributed by atoms with Gasteiger partial charge >= 0.3 is 0 Å². The van der Waals surface area contributed by atoms with E-state index in [1.54, 1.807) is 18.3 Å². The summed E-state index contributed by atoms with van der Waals surface area (Å²) in [6, 6.07) is 2.09. The zero-order chi connectivity index (χ0) is 16.7. The molecule has 6 heteroatoms. The lowest BCUT2D eigenvalue weighted by atomic mass is 10.0. The molecule has 2 aliphatic heterocycles. The maximum Gasteiger partial charge on any atom is 0.242 e. The predicted molar refractivity (Wildman–Crippen MR) is 93.5 cm³/mol. The number of hydrogen-bond donors (Lipinski definition) is 1. The van der Waals surface area contributed by atoms with E-state index in [0.717, 1.165) is 32.6 Å². The highest BCUT2D eigenvalue weighted by Gasteiger charge is 2.49. The first-order chi connectivity index (χ1) is 11.6. The zero-order valence-electron chi connectivity index (χ0n) is 14.1. The minimum atomic E-state index is -0.264. The quantitative estimate of drug-likeness (QED) is 0.882. The first kappa shape index (κ1) is 16.1. The van der Waals surface area contributed by atoms with Crippen LogP contribution in [0.1, 0.15) is 31.7 Å². The molecule has 1 aliphatic carbocycles. The smallest absolute Gasteiger partial charge is 0.242 e. The molecule has 1 aromatic rings. The van der Waals surface area contributed by atoms with Crippen LogP contribution in [0.4, 0.5) is 0 Å². The molecule has 0 spiro atoms. The minimum absolute atomic E-state index is 0.0338. The van der Waals surface area contributed by atoms with Crippen LogP contribution in [0, 0.1) is 11.8 Å². The number of carbonyl (C=O) groups is 2. The Hall–Kier alpha value is -1.40. The summed E-state index contributed by atoms with van der Waals surface area (Å²) in [4.78, 5) is 29.0. The Morgan fingerprint density at radius 2 is 2.17 bits per heavy atom. The van der Waals surface area contributed by atoms with Gasteiger partial charge in [0.15, 0.2) is 0 Å². The Balaban J connectivity index is 1.39. The average molecular weight is 347 g/mol. The van der Waals surface area contributed by atoms with E-state index < -0.39 is 0 Å². The van der Waals surface area contributed by atoms with E-state index in [1.807, 2.05) is 4.90 Å². The van der Waals surface area contributed by atoms with Crippen LogP contribution in [-0.4, -0.2) is 53.3 Å². The molecule has 3 aliphatic rings. The van der Waals surface area contributed by atoms with Gasteiger partial charge in [0.1, 0.15) is 6.04 Å². The van der Waals surface area contributed by atoms with Crippen LogP contribution in [0.2, 0.25) is 0 Å². The van der Waals surface area contributed by atoms with Gasteiger partial charge in [0.05, 0.1) is 0 Å². The standard InChI is InChI=1S/C18H25N3O2S/c1-12(22)21-16(18(23)19-7-13-2-3-13)6-15-9-20(10-17(15)21)8-14-4-5-24-11-14/h4-5,11,13,15-17H,2-3,6-10H2,1H3,(H,19,23)/t15-,16-,17+/m0/s1. The molecule has 24 heavy (non-hydrogen) atoms. The van der Waals surface area contributed by atoms with Crippen LogP contribution >= 0.6 is 11.3 Å². The summed E-state index contributed by atoms with van der Waals surface area (Å²) in [7, 11) is 0. The van der Waals surface area contributed by atoms with Crippen molar-refractivity contribution in [1.29, 1.82) is 0 Å². The number of fused-ring (bicyclic) bond motifs is 1. The molecule has 2 saturated heterocycles. The molecular weight excluding hydrogens is 322 g/mol. The molecule has 5 nitrogen and oxygen atoms in total. The molecule has 0 unspecified atom stereocenters. The molecule has 0 radical (unpaired) electrons. The fourth-order valence-corrected chi connectivity index (χ4v) is 4.92. The molecule has 130 valence electrons. The van der Waals surface area contributed by atoms with Crippen molar-refractivity contribution >= 4 is 23.2 Å². The van der Waals surface area contributed by atoms with Gasteiger partial charge in [-0.15, -0.1) is 0 Å². The van der Waals surface area contributed by atoms with Crippen LogP contribution in [0.15, 0.2) is 16.8 Å². The third-order valence-corrected chi connectivity index (χ3v) is 6.35. The number of amides is 2. The highest BCUT2D eigenvalue weighted by Crippen LogP contribution is 2.37. The van der Waals surface area contributed by atoms with E-state index in [4.69, 9.17) is 0 Å². The Kier molecular flexibility index (Phi) is 4.35. The number of rotatable bonds is 5. The minimum Gasteiger partial charge on any atom is -0.354 e. The lowest BCUT2D eigenvalue weighted by Crippen LogP contribution is -2.50. The summed E-state index contributed by atoms with van der Waals surface area (Å²) in [5.41, 5.74) is 1.34. The lowest BCUT2D eigenvalue weighted by Gasteiger charge is -2.29. The molecule has 4 rings (SSSR count). The normalized spacial score (nSPS) is 29.7. The molecule has 3 heterocycles. The first-order valence-electron chi connectivity index (χ1n) is 8.92. The van der Waals surface area contributed by atoms with Crippen molar-refractivity contribution in [1.82, 2.24) is 15.1 Å². The van der Waals surface area contributed by atoms with Crippen LogP contribution < -0.4 is 5.32 Å². The summed E-state index contributed by atoms with van der Waals surface area (Å²) in [6.45, 7) is 5.19. The average Bonchev–Trinajstić information content (AvgIpc) is 2.93. The number of likely N-dealkylation sites (tertiary alicyclic amines) is 2. The van der Waals surface area contributed by atoms with E-state index in [2.05, 4.69) is 27.0 Å². The van der Waals surface area contributed by atoms with Crippen molar-refractivity contribution in [3.05, 3.63) is 22.4 Å². The van der Waals surface area contributed by atoms with E-state index in [0.29, 0.717) is 11.8 Å². The maximum absolute atomic E-state index is 12.5. The second-order valence-electron chi connectivity index (χ2n) is 7.52. The van der Waals surface area contributed by atoms with Crippen molar-refractivity contribution in [3.8, 4) is 0 Å². The number of nitrogens with zero attached hydrogens (tertiary/aromatic N) is 2. The molecule has 0 bridgehead atoms. The highest BCUT2D eigenvalue weighted by molar-refractivity contribution is 7.07. The van der Waals surface area contributed by atoms with E-state index in [-0.39, 0.29) is 23.9 Å². The number of thiophene rings is 1. The van der Waals surface area contributed by atoms with Crippen LogP contribution in [0.25, 0.3) is 0 Å². The Morgan fingerprint density at radius 3 is 2.83 bits per heavy atom. The number of nitrogens with one attached hydrogen (secondary N) is 1. The van der Waals surface area contributed by atoms with Gasteiger partial charge in [0.25, 0.3) is 0 Å². The van der Waals surface area contributed by atoms with E-state index >= 15 is 0 Å². The van der Waals surface area contributed by atoms with Crippen LogP contribution in [0.3, 0.4) is 0 Å². The summed E-state index contributed by atoms with van der Waals surface area (Å²) in [5, 5.41) is 7.35. The van der Waals surface area contributed by atoms with Gasteiger partial charge in [0.2, 0.25) is 11.8 Å². The van der Waals surface area contributed by atoms with Crippen molar-refractivity contribution in [2.75, 3.05) is 19.6 Å². The SMILES string of the molecule is CC(=O)N1[C@@H]2CN(Cc3ccsc3)C[C@@H]2C[C@H]1C(=O)NCC1CC1. The highest BCUT2D eigenvalue weighted by atomic mass is 32.1. The monoisotopic (exact) mass is 347 g/mol. The van der Waals surface area contributed by atoms with Crippen molar-refractivity contribution in [2.24, 2.45) is 11.8 Å². The topological polar surface area (TPSA) is 52.7 Å². The zero-order valence-corrected chi connectivity index (χ0v) is 14.9. The van der Waals surface area contributed by atoms with Gasteiger partial charge in [-0.05, 0) is 53.5 Å². The van der Waals surface area contributed by atoms with Gasteiger partial charge in [0, 0.05) is 39.1 Å². The maximum atomic E-state index is 12.5. The van der Waals surface area contributed by atoms with Crippen LogP contribution in [-0.2, 0) is 16.1 Å². The predicted octanol–water partition coefficient (Wildman–Crippen LogP) is 1.70. The molecule has 1 N–H and O–H groups in total. The Morgan fingerprint density at radius 1 is 1.33 bits per heavy atom. The number of carbonyl (C=O) groups excluding carboxylic acids is 2. The van der Waals surface area contributed by atoms with Crippen molar-refractivity contribution in [2.45, 2.75) is 44.8 Å². The summed E-state index contributed by atoms with van der Waals surface area (Å²) >= 11 is 1.72. The molecular formula is C18H25N3O2S. The largest absolute Gasteiger partial charge is 0.354 e. The van der Waals surface area contributed by atoms with Gasteiger partial charge in [-0.3, -0.25) is 14.5 Å². The third kappa shape index (κ3) is 3.22. The third-order valence-electron chi connectivity index (χ3n) is 5.62. The van der Waals surface area contributed by atoms with Gasteiger partial charge < -0.3 is 10.2 Å².